The molecule has 0 N–H and O–H groups in total. The normalized spacial score (nSPS) is 12.7. The third-order valence-corrected chi connectivity index (χ3v) is 2.84. The highest BCUT2D eigenvalue weighted by Crippen LogP contribution is 2.31. The Morgan fingerprint density at radius 3 is 2.27 bits per heavy atom. The molecule has 1 rings (SSSR count). The predicted molar refractivity (Wildman–Crippen MR) is 66.9 cm³/mol. The molecule has 0 aliphatic rings. The molecule has 2 nitrogen and oxygen atoms in total. The smallest absolute Gasteiger partial charge is 0.242 e. The van der Waals surface area contributed by atoms with Gasteiger partial charge in [-0.2, -0.15) is 0 Å². The Bertz CT molecular complexity index is 336. The largest absolute Gasteiger partial charge is 0.543 e. The molecule has 0 atom stereocenters. The van der Waals surface area contributed by atoms with Crippen molar-refractivity contribution in [3.63, 3.8) is 0 Å². The molecule has 0 aliphatic heterocycles. The number of hydrogen-bond donors (Lipinski definition) is 0. The lowest BCUT2D eigenvalue weighted by Gasteiger charge is -2.26. The van der Waals surface area contributed by atoms with E-state index < -0.39 is 8.32 Å². The van der Waals surface area contributed by atoms with Crippen LogP contribution in [0.25, 0.3) is 0 Å². The van der Waals surface area contributed by atoms with Crippen molar-refractivity contribution in [1.29, 1.82) is 0 Å². The fourth-order valence-electron chi connectivity index (χ4n) is 1.41. The fraction of sp³-hybridized carbons (Fsp3) is 0.583. The van der Waals surface area contributed by atoms with E-state index in [9.17, 15) is 0 Å². The zero-order valence-electron chi connectivity index (χ0n) is 10.6. The molecule has 1 heterocycles. The van der Waals surface area contributed by atoms with Crippen molar-refractivity contribution in [2.24, 2.45) is 0 Å². The predicted octanol–water partition coefficient (Wildman–Crippen LogP) is 3.59. The zero-order chi connectivity index (χ0) is 11.7. The minimum atomic E-state index is -1.55. The first-order chi connectivity index (χ1) is 6.70. The average Bonchev–Trinajstić information content (AvgIpc) is 1.99. The number of hydrogen-bond acceptors (Lipinski definition) is 2. The summed E-state index contributed by atoms with van der Waals surface area (Å²) in [5.41, 5.74) is 1.35. The van der Waals surface area contributed by atoms with Crippen LogP contribution in [0.2, 0.25) is 19.6 Å². The van der Waals surface area contributed by atoms with Crippen LogP contribution in [-0.4, -0.2) is 13.3 Å². The molecule has 15 heavy (non-hydrogen) atoms. The topological polar surface area (TPSA) is 22.1 Å². The number of rotatable bonds is 2. The first kappa shape index (κ1) is 12.2. The molecule has 0 unspecified atom stereocenters. The average molecular weight is 223 g/mol. The van der Waals surface area contributed by atoms with Crippen LogP contribution in [-0.2, 0) is 5.41 Å². The van der Waals surface area contributed by atoms with Gasteiger partial charge in [0.05, 0.1) is 6.20 Å². The lowest BCUT2D eigenvalue weighted by atomic mass is 9.87. The van der Waals surface area contributed by atoms with Crippen LogP contribution in [0.5, 0.6) is 5.75 Å². The first-order valence-electron chi connectivity index (χ1n) is 5.34. The molecule has 3 heteroatoms. The highest BCUT2D eigenvalue weighted by molar-refractivity contribution is 6.70. The van der Waals surface area contributed by atoms with Crippen LogP contribution in [0.1, 0.15) is 26.3 Å². The summed E-state index contributed by atoms with van der Waals surface area (Å²) in [4.78, 5) is 4.14. The van der Waals surface area contributed by atoms with Gasteiger partial charge in [-0.15, -0.1) is 0 Å². The first-order valence-corrected chi connectivity index (χ1v) is 8.74. The lowest BCUT2D eigenvalue weighted by molar-refractivity contribution is 0.505. The summed E-state index contributed by atoms with van der Waals surface area (Å²) in [5.74, 6) is 0.948. The Kier molecular flexibility index (Phi) is 3.24. The molecule has 0 amide bonds. The minimum Gasteiger partial charge on any atom is -0.543 e. The van der Waals surface area contributed by atoms with E-state index in [0.29, 0.717) is 0 Å². The molecule has 0 fully saturated rings. The third-order valence-electron chi connectivity index (χ3n) is 2.01. The second-order valence-corrected chi connectivity index (χ2v) is 10.3. The van der Waals surface area contributed by atoms with Gasteiger partial charge >= 0.3 is 0 Å². The summed E-state index contributed by atoms with van der Waals surface area (Å²) < 4.78 is 6.04. The summed E-state index contributed by atoms with van der Waals surface area (Å²) in [6, 6.07) is 2.05. The van der Waals surface area contributed by atoms with Gasteiger partial charge in [0.25, 0.3) is 0 Å². The molecule has 84 valence electrons. The van der Waals surface area contributed by atoms with E-state index in [1.807, 2.05) is 12.4 Å². The molecule has 0 saturated heterocycles. The lowest BCUT2D eigenvalue weighted by Crippen LogP contribution is -2.30. The van der Waals surface area contributed by atoms with E-state index in [1.165, 1.54) is 5.56 Å². The summed E-state index contributed by atoms with van der Waals surface area (Å²) in [6.07, 6.45) is 3.66. The SMILES string of the molecule is CC(C)(C)c1ccncc1O[Si](C)(C)C. The Hall–Kier alpha value is -0.833. The maximum Gasteiger partial charge on any atom is 0.242 e. The van der Waals surface area contributed by atoms with E-state index in [0.717, 1.165) is 5.75 Å². The molecular weight excluding hydrogens is 202 g/mol. The summed E-state index contributed by atoms with van der Waals surface area (Å²) in [6.45, 7) is 13.1. The third kappa shape index (κ3) is 3.66. The van der Waals surface area contributed by atoms with Crippen LogP contribution >= 0.6 is 0 Å². The van der Waals surface area contributed by atoms with Crippen molar-refractivity contribution < 1.29 is 4.43 Å². The highest BCUT2D eigenvalue weighted by Gasteiger charge is 2.23. The maximum absolute atomic E-state index is 6.04. The van der Waals surface area contributed by atoms with E-state index in [-0.39, 0.29) is 5.41 Å². The maximum atomic E-state index is 6.04. The Morgan fingerprint density at radius 2 is 1.80 bits per heavy atom. The van der Waals surface area contributed by atoms with Gasteiger partial charge in [0.1, 0.15) is 5.75 Å². The molecule has 0 saturated carbocycles. The minimum absolute atomic E-state index is 0.109. The number of nitrogens with zero attached hydrogens (tertiary/aromatic N) is 1. The fourth-order valence-corrected chi connectivity index (χ4v) is 2.23. The van der Waals surface area contributed by atoms with Crippen LogP contribution in [0.3, 0.4) is 0 Å². The number of pyridine rings is 1. The second-order valence-electron chi connectivity index (χ2n) is 5.84. The summed E-state index contributed by atoms with van der Waals surface area (Å²) >= 11 is 0. The molecule has 1 aromatic heterocycles. The van der Waals surface area contributed by atoms with Crippen molar-refractivity contribution in [2.45, 2.75) is 45.8 Å². The van der Waals surface area contributed by atoms with Crippen LogP contribution in [0.15, 0.2) is 18.5 Å². The van der Waals surface area contributed by atoms with Crippen molar-refractivity contribution in [1.82, 2.24) is 4.98 Å². The van der Waals surface area contributed by atoms with Gasteiger partial charge in [-0.25, -0.2) is 0 Å². The summed E-state index contributed by atoms with van der Waals surface area (Å²) in [5, 5.41) is 0. The van der Waals surface area contributed by atoms with Gasteiger partial charge in [0.2, 0.25) is 8.32 Å². The van der Waals surface area contributed by atoms with Crippen LogP contribution < -0.4 is 4.43 Å². The van der Waals surface area contributed by atoms with E-state index >= 15 is 0 Å². The molecule has 0 aromatic carbocycles. The highest BCUT2D eigenvalue weighted by atomic mass is 28.4. The van der Waals surface area contributed by atoms with E-state index in [2.05, 4.69) is 51.5 Å². The number of aromatic nitrogens is 1. The molecular formula is C12H21NOSi. The van der Waals surface area contributed by atoms with Gasteiger partial charge < -0.3 is 4.43 Å². The molecule has 0 spiro atoms. The van der Waals surface area contributed by atoms with Crippen molar-refractivity contribution >= 4 is 8.32 Å². The van der Waals surface area contributed by atoms with Crippen LogP contribution in [0, 0.1) is 0 Å². The second kappa shape index (κ2) is 3.97. The van der Waals surface area contributed by atoms with Crippen LogP contribution in [0.4, 0.5) is 0 Å². The Balaban J connectivity index is 3.08. The van der Waals surface area contributed by atoms with E-state index in [4.69, 9.17) is 4.43 Å². The standard InChI is InChI=1S/C12H21NOSi/c1-12(2,3)10-7-8-13-9-11(10)14-15(4,5)6/h7-9H,1-6H3. The monoisotopic (exact) mass is 223 g/mol. The quantitative estimate of drug-likeness (QED) is 0.715. The van der Waals surface area contributed by atoms with Crippen molar-refractivity contribution in [2.75, 3.05) is 0 Å². The molecule has 0 bridgehead atoms. The molecule has 0 radical (unpaired) electrons. The van der Waals surface area contributed by atoms with Gasteiger partial charge in [-0.3, -0.25) is 4.98 Å². The molecule has 1 aromatic rings. The van der Waals surface area contributed by atoms with E-state index in [1.54, 1.807) is 0 Å². The van der Waals surface area contributed by atoms with Crippen molar-refractivity contribution in [3.05, 3.63) is 24.0 Å². The van der Waals surface area contributed by atoms with Gasteiger partial charge in [0, 0.05) is 11.8 Å². The zero-order valence-corrected chi connectivity index (χ0v) is 11.6. The van der Waals surface area contributed by atoms with Gasteiger partial charge in [-0.1, -0.05) is 20.8 Å². The van der Waals surface area contributed by atoms with Gasteiger partial charge in [0.15, 0.2) is 0 Å². The Morgan fingerprint density at radius 1 is 1.20 bits per heavy atom. The van der Waals surface area contributed by atoms with Crippen molar-refractivity contribution in [3.8, 4) is 5.75 Å². The van der Waals surface area contributed by atoms with Gasteiger partial charge in [-0.05, 0) is 31.1 Å². The summed E-state index contributed by atoms with van der Waals surface area (Å²) in [7, 11) is -1.55. The Labute approximate surface area is 93.8 Å². The molecule has 0 aliphatic carbocycles.